The Kier molecular flexibility index (Phi) is 2.40. The Hall–Kier alpha value is -1.52. The van der Waals surface area contributed by atoms with E-state index in [2.05, 4.69) is 0 Å². The van der Waals surface area contributed by atoms with Crippen molar-refractivity contribution in [1.29, 1.82) is 0 Å². The second-order valence-electron chi connectivity index (χ2n) is 3.87. The molecule has 86 valence electrons. The van der Waals surface area contributed by atoms with E-state index in [1.807, 2.05) is 6.92 Å². The number of hydrogen-bond acceptors (Lipinski definition) is 1. The quantitative estimate of drug-likeness (QED) is 0.669. The lowest BCUT2D eigenvalue weighted by Crippen LogP contribution is -2.40. The largest absolute Gasteiger partial charge is 0.471 e. The molecule has 0 saturated heterocycles. The lowest BCUT2D eigenvalue weighted by molar-refractivity contribution is -0.170. The number of halogens is 3. The summed E-state index contributed by atoms with van der Waals surface area (Å²) in [5, 5.41) is 0. The van der Waals surface area contributed by atoms with E-state index in [0.717, 1.165) is 10.5 Å². The molecule has 2 rings (SSSR count). The van der Waals surface area contributed by atoms with Gasteiger partial charge in [-0.25, -0.2) is 0 Å². The molecule has 0 radical (unpaired) electrons. The first-order valence-corrected chi connectivity index (χ1v) is 4.89. The van der Waals surface area contributed by atoms with Gasteiger partial charge in [0.2, 0.25) is 0 Å². The average Bonchev–Trinajstić information content (AvgIpc) is 2.55. The number of benzene rings is 1. The zero-order chi connectivity index (χ0) is 11.9. The molecule has 2 nitrogen and oxygen atoms in total. The molecule has 1 aromatic carbocycles. The van der Waals surface area contributed by atoms with Crippen LogP contribution in [0, 0.1) is 0 Å². The zero-order valence-corrected chi connectivity index (χ0v) is 8.58. The maximum atomic E-state index is 12.3. The third kappa shape index (κ3) is 1.66. The van der Waals surface area contributed by atoms with Gasteiger partial charge < -0.3 is 4.90 Å². The minimum atomic E-state index is -4.81. The molecule has 0 N–H and O–H groups in total. The molecule has 0 spiro atoms. The smallest absolute Gasteiger partial charge is 0.304 e. The molecule has 0 fully saturated rings. The van der Waals surface area contributed by atoms with E-state index in [1.165, 1.54) is 0 Å². The minimum Gasteiger partial charge on any atom is -0.304 e. The number of para-hydroxylation sites is 1. The van der Waals surface area contributed by atoms with Crippen molar-refractivity contribution >= 4 is 11.6 Å². The number of amides is 1. The number of carbonyl (C=O) groups is 1. The van der Waals surface area contributed by atoms with Crippen LogP contribution in [-0.2, 0) is 4.79 Å². The van der Waals surface area contributed by atoms with E-state index in [-0.39, 0.29) is 12.5 Å². The molecular formula is C11H10F3NO. The molecule has 1 heterocycles. The Bertz CT molecular complexity index is 427. The number of hydrogen-bond donors (Lipinski definition) is 0. The van der Waals surface area contributed by atoms with Gasteiger partial charge in [0.25, 0.3) is 0 Å². The van der Waals surface area contributed by atoms with E-state index < -0.39 is 12.1 Å². The molecule has 0 aromatic heterocycles. The average molecular weight is 229 g/mol. The van der Waals surface area contributed by atoms with Crippen LogP contribution >= 0.6 is 0 Å². The van der Waals surface area contributed by atoms with Gasteiger partial charge in [-0.1, -0.05) is 25.1 Å². The molecule has 1 aliphatic heterocycles. The van der Waals surface area contributed by atoms with Crippen LogP contribution in [0.4, 0.5) is 18.9 Å². The molecule has 5 heteroatoms. The number of carbonyl (C=O) groups excluding carboxylic acids is 1. The van der Waals surface area contributed by atoms with Gasteiger partial charge in [-0.05, 0) is 11.6 Å². The number of alkyl halides is 3. The van der Waals surface area contributed by atoms with Crippen LogP contribution in [0.15, 0.2) is 24.3 Å². The highest BCUT2D eigenvalue weighted by Crippen LogP contribution is 2.37. The van der Waals surface area contributed by atoms with Crippen LogP contribution in [0.2, 0.25) is 0 Å². The van der Waals surface area contributed by atoms with Gasteiger partial charge >= 0.3 is 12.1 Å². The maximum absolute atomic E-state index is 12.3. The van der Waals surface area contributed by atoms with E-state index >= 15 is 0 Å². The highest BCUT2D eigenvalue weighted by Gasteiger charge is 2.45. The fourth-order valence-corrected chi connectivity index (χ4v) is 1.97. The third-order valence-corrected chi connectivity index (χ3v) is 2.70. The van der Waals surface area contributed by atoms with E-state index in [0.29, 0.717) is 5.69 Å². The molecular weight excluding hydrogens is 219 g/mol. The molecule has 1 amide bonds. The highest BCUT2D eigenvalue weighted by molar-refractivity contribution is 5.99. The number of rotatable bonds is 0. The first kappa shape index (κ1) is 11.0. The molecule has 1 atom stereocenters. The summed E-state index contributed by atoms with van der Waals surface area (Å²) < 4.78 is 37.0. The van der Waals surface area contributed by atoms with E-state index in [1.54, 1.807) is 24.3 Å². The summed E-state index contributed by atoms with van der Waals surface area (Å²) in [5.41, 5.74) is 1.16. The monoisotopic (exact) mass is 229 g/mol. The Morgan fingerprint density at radius 3 is 2.62 bits per heavy atom. The minimum absolute atomic E-state index is 0.0532. The van der Waals surface area contributed by atoms with Crippen LogP contribution in [0.5, 0.6) is 0 Å². The summed E-state index contributed by atoms with van der Waals surface area (Å²) in [6.45, 7) is 1.90. The Labute approximate surface area is 90.7 Å². The Morgan fingerprint density at radius 1 is 1.38 bits per heavy atom. The summed E-state index contributed by atoms with van der Waals surface area (Å²) in [7, 11) is 0. The Balaban J connectivity index is 2.38. The van der Waals surface area contributed by atoms with Crippen LogP contribution < -0.4 is 4.90 Å². The first-order chi connectivity index (χ1) is 7.41. The summed E-state index contributed by atoms with van der Waals surface area (Å²) in [6, 6.07) is 6.69. The molecule has 1 aromatic rings. The normalized spacial score (nSPS) is 19.8. The number of anilines is 1. The van der Waals surface area contributed by atoms with Crippen molar-refractivity contribution in [2.24, 2.45) is 0 Å². The Morgan fingerprint density at radius 2 is 2.00 bits per heavy atom. The SMILES string of the molecule is CC1CN(C(=O)C(F)(F)F)c2ccccc21. The highest BCUT2D eigenvalue weighted by atomic mass is 19.4. The molecule has 0 bridgehead atoms. The van der Waals surface area contributed by atoms with Gasteiger partial charge in [-0.15, -0.1) is 0 Å². The number of fused-ring (bicyclic) bond motifs is 1. The van der Waals surface area contributed by atoms with Crippen molar-refractivity contribution < 1.29 is 18.0 Å². The summed E-state index contributed by atoms with van der Waals surface area (Å²) in [6.07, 6.45) is -4.81. The van der Waals surface area contributed by atoms with Gasteiger partial charge in [0.05, 0.1) is 0 Å². The van der Waals surface area contributed by atoms with Crippen LogP contribution in [0.25, 0.3) is 0 Å². The van der Waals surface area contributed by atoms with Crippen molar-refractivity contribution in [3.8, 4) is 0 Å². The van der Waals surface area contributed by atoms with Crippen molar-refractivity contribution in [3.63, 3.8) is 0 Å². The summed E-state index contributed by atoms with van der Waals surface area (Å²) in [5.74, 6) is -1.84. The van der Waals surface area contributed by atoms with Crippen LogP contribution in [0.3, 0.4) is 0 Å². The van der Waals surface area contributed by atoms with Gasteiger partial charge in [-0.3, -0.25) is 4.79 Å². The predicted octanol–water partition coefficient (Wildman–Crippen LogP) is 2.70. The van der Waals surface area contributed by atoms with Gasteiger partial charge in [0.15, 0.2) is 0 Å². The predicted molar refractivity (Wildman–Crippen MR) is 53.3 cm³/mol. The first-order valence-electron chi connectivity index (χ1n) is 4.89. The summed E-state index contributed by atoms with van der Waals surface area (Å²) in [4.78, 5) is 12.0. The van der Waals surface area contributed by atoms with Gasteiger partial charge in [0.1, 0.15) is 0 Å². The van der Waals surface area contributed by atoms with Crippen molar-refractivity contribution in [2.45, 2.75) is 19.0 Å². The van der Waals surface area contributed by atoms with Crippen molar-refractivity contribution in [2.75, 3.05) is 11.4 Å². The standard InChI is InChI=1S/C11H10F3NO/c1-7-6-15(10(16)11(12,13)14)9-5-3-2-4-8(7)9/h2-5,7H,6H2,1H3. The second-order valence-corrected chi connectivity index (χ2v) is 3.87. The lowest BCUT2D eigenvalue weighted by Gasteiger charge is -2.18. The number of nitrogens with zero attached hydrogens (tertiary/aromatic N) is 1. The van der Waals surface area contributed by atoms with Crippen LogP contribution in [0.1, 0.15) is 18.4 Å². The van der Waals surface area contributed by atoms with E-state index in [4.69, 9.17) is 0 Å². The lowest BCUT2D eigenvalue weighted by atomic mass is 10.0. The molecule has 1 aliphatic rings. The topological polar surface area (TPSA) is 20.3 Å². The summed E-state index contributed by atoms with van der Waals surface area (Å²) >= 11 is 0. The third-order valence-electron chi connectivity index (χ3n) is 2.70. The fourth-order valence-electron chi connectivity index (χ4n) is 1.97. The molecule has 0 saturated carbocycles. The molecule has 1 unspecified atom stereocenters. The van der Waals surface area contributed by atoms with Gasteiger partial charge in [0, 0.05) is 18.2 Å². The van der Waals surface area contributed by atoms with Crippen molar-refractivity contribution in [3.05, 3.63) is 29.8 Å². The molecule has 16 heavy (non-hydrogen) atoms. The van der Waals surface area contributed by atoms with Crippen molar-refractivity contribution in [1.82, 2.24) is 0 Å². The second kappa shape index (κ2) is 3.50. The molecule has 0 aliphatic carbocycles. The van der Waals surface area contributed by atoms with Gasteiger partial charge in [-0.2, -0.15) is 13.2 Å². The maximum Gasteiger partial charge on any atom is 0.471 e. The van der Waals surface area contributed by atoms with E-state index in [9.17, 15) is 18.0 Å². The fraction of sp³-hybridized carbons (Fsp3) is 0.364. The zero-order valence-electron chi connectivity index (χ0n) is 8.58. The van der Waals surface area contributed by atoms with Crippen LogP contribution in [-0.4, -0.2) is 18.6 Å².